The monoisotopic (exact) mass is 415 g/mol. The summed E-state index contributed by atoms with van der Waals surface area (Å²) >= 11 is 0. The second-order valence-corrected chi connectivity index (χ2v) is 8.25. The van der Waals surface area contributed by atoms with Gasteiger partial charge in [-0.3, -0.25) is 9.79 Å². The topological polar surface area (TPSA) is 83.2 Å². The van der Waals surface area contributed by atoms with E-state index in [0.29, 0.717) is 0 Å². The molecule has 0 saturated carbocycles. The van der Waals surface area contributed by atoms with Gasteiger partial charge in [-0.25, -0.2) is 0 Å². The van der Waals surface area contributed by atoms with Gasteiger partial charge in [0.15, 0.2) is 5.96 Å². The maximum absolute atomic E-state index is 11.4. The first-order valence-corrected chi connectivity index (χ1v) is 11.4. The highest BCUT2D eigenvalue weighted by Gasteiger charge is 2.24. The first-order chi connectivity index (χ1) is 14.7. The number of aliphatic imine (C=N–C) groups is 1. The number of likely N-dealkylation sites (tertiary alicyclic amines) is 2. The SMILES string of the molecule is CCNC(=NCCCN1CCCC(C(N)=O)C1)N1CCC(Oc2ccccc2)CC1. The van der Waals surface area contributed by atoms with Gasteiger partial charge in [0, 0.05) is 45.6 Å². The van der Waals surface area contributed by atoms with E-state index in [9.17, 15) is 4.79 Å². The molecule has 1 aromatic carbocycles. The van der Waals surface area contributed by atoms with Crippen molar-refractivity contribution in [1.29, 1.82) is 0 Å². The highest BCUT2D eigenvalue weighted by atomic mass is 16.5. The Morgan fingerprint density at radius 1 is 1.20 bits per heavy atom. The Labute approximate surface area is 180 Å². The normalized spacial score (nSPS) is 21.4. The minimum Gasteiger partial charge on any atom is -0.490 e. The van der Waals surface area contributed by atoms with Crippen molar-refractivity contribution in [3.05, 3.63) is 30.3 Å². The summed E-state index contributed by atoms with van der Waals surface area (Å²) in [6.07, 6.45) is 5.25. The average molecular weight is 416 g/mol. The van der Waals surface area contributed by atoms with E-state index in [4.69, 9.17) is 15.5 Å². The third-order valence-corrected chi connectivity index (χ3v) is 5.92. The second kappa shape index (κ2) is 11.8. The fraction of sp³-hybridized carbons (Fsp3) is 0.652. The maximum atomic E-state index is 11.4. The van der Waals surface area contributed by atoms with E-state index in [1.807, 2.05) is 30.3 Å². The Morgan fingerprint density at radius 2 is 1.97 bits per heavy atom. The molecule has 2 saturated heterocycles. The Kier molecular flexibility index (Phi) is 8.81. The Balaban J connectivity index is 1.41. The van der Waals surface area contributed by atoms with Crippen molar-refractivity contribution in [3.63, 3.8) is 0 Å². The van der Waals surface area contributed by atoms with Gasteiger partial charge in [-0.05, 0) is 51.4 Å². The third-order valence-electron chi connectivity index (χ3n) is 5.92. The summed E-state index contributed by atoms with van der Waals surface area (Å²) in [5.74, 6) is 1.81. The van der Waals surface area contributed by atoms with Gasteiger partial charge in [0.2, 0.25) is 5.91 Å². The summed E-state index contributed by atoms with van der Waals surface area (Å²) in [5, 5.41) is 3.44. The highest BCUT2D eigenvalue weighted by Crippen LogP contribution is 2.19. The molecule has 0 aromatic heterocycles. The van der Waals surface area contributed by atoms with Crippen LogP contribution in [0.4, 0.5) is 0 Å². The van der Waals surface area contributed by atoms with Crippen molar-refractivity contribution in [2.75, 3.05) is 45.8 Å². The number of piperidine rings is 2. The Morgan fingerprint density at radius 3 is 2.67 bits per heavy atom. The maximum Gasteiger partial charge on any atom is 0.221 e. The molecule has 2 aliphatic rings. The quantitative estimate of drug-likeness (QED) is 0.386. The lowest BCUT2D eigenvalue weighted by Gasteiger charge is -2.34. The summed E-state index contributed by atoms with van der Waals surface area (Å²) in [5.41, 5.74) is 5.48. The Hall–Kier alpha value is -2.28. The number of ether oxygens (including phenoxy) is 1. The molecule has 0 aliphatic carbocycles. The molecule has 0 bridgehead atoms. The fourth-order valence-electron chi connectivity index (χ4n) is 4.27. The molecule has 0 spiro atoms. The van der Waals surface area contributed by atoms with Crippen LogP contribution < -0.4 is 15.8 Å². The van der Waals surface area contributed by atoms with Crippen LogP contribution in [0.3, 0.4) is 0 Å². The molecule has 2 heterocycles. The summed E-state index contributed by atoms with van der Waals surface area (Å²) in [7, 11) is 0. The predicted octanol–water partition coefficient (Wildman–Crippen LogP) is 2.08. The summed E-state index contributed by atoms with van der Waals surface area (Å²) in [6, 6.07) is 10.1. The van der Waals surface area contributed by atoms with Gasteiger partial charge in [0.1, 0.15) is 11.9 Å². The van der Waals surface area contributed by atoms with Gasteiger partial charge < -0.3 is 25.6 Å². The zero-order chi connectivity index (χ0) is 21.2. The van der Waals surface area contributed by atoms with E-state index in [2.05, 4.69) is 22.0 Å². The zero-order valence-corrected chi connectivity index (χ0v) is 18.3. The van der Waals surface area contributed by atoms with E-state index in [-0.39, 0.29) is 17.9 Å². The molecule has 1 atom stereocenters. The molecule has 1 amide bonds. The number of benzene rings is 1. The van der Waals surface area contributed by atoms with Crippen molar-refractivity contribution in [1.82, 2.24) is 15.1 Å². The molecular formula is C23H37N5O2. The van der Waals surface area contributed by atoms with Gasteiger partial charge in [-0.15, -0.1) is 0 Å². The Bertz CT molecular complexity index is 673. The van der Waals surface area contributed by atoms with Crippen LogP contribution in [0.15, 0.2) is 35.3 Å². The molecule has 166 valence electrons. The van der Waals surface area contributed by atoms with Crippen LogP contribution in [0.1, 0.15) is 39.0 Å². The molecule has 1 unspecified atom stereocenters. The van der Waals surface area contributed by atoms with Gasteiger partial charge in [0.05, 0.1) is 5.92 Å². The lowest BCUT2D eigenvalue weighted by Crippen LogP contribution is -2.47. The molecule has 3 N–H and O–H groups in total. The molecule has 7 nitrogen and oxygen atoms in total. The summed E-state index contributed by atoms with van der Waals surface area (Å²) < 4.78 is 6.11. The van der Waals surface area contributed by atoms with Crippen LogP contribution in [0.25, 0.3) is 0 Å². The lowest BCUT2D eigenvalue weighted by molar-refractivity contribution is -0.123. The van der Waals surface area contributed by atoms with Crippen LogP contribution in [0, 0.1) is 5.92 Å². The van der Waals surface area contributed by atoms with Crippen molar-refractivity contribution >= 4 is 11.9 Å². The minimum atomic E-state index is -0.160. The van der Waals surface area contributed by atoms with E-state index < -0.39 is 0 Å². The average Bonchev–Trinajstić information content (AvgIpc) is 2.77. The standard InChI is InChI=1S/C23H37N5O2/c1-2-25-23(26-13-7-15-27-14-6-8-19(18-27)22(24)29)28-16-11-21(12-17-28)30-20-9-4-3-5-10-20/h3-5,9-10,19,21H,2,6-8,11-18H2,1H3,(H2,24,29)(H,25,26). The first-order valence-electron chi connectivity index (χ1n) is 11.4. The number of nitrogens with zero attached hydrogens (tertiary/aromatic N) is 3. The van der Waals surface area contributed by atoms with E-state index in [1.165, 1.54) is 0 Å². The molecular weight excluding hydrogens is 378 g/mol. The molecule has 2 aliphatic heterocycles. The van der Waals surface area contributed by atoms with Crippen molar-refractivity contribution < 1.29 is 9.53 Å². The number of nitrogens with two attached hydrogens (primary N) is 1. The molecule has 30 heavy (non-hydrogen) atoms. The van der Waals surface area contributed by atoms with Crippen LogP contribution in [-0.4, -0.2) is 73.6 Å². The molecule has 3 rings (SSSR count). The van der Waals surface area contributed by atoms with Gasteiger partial charge in [-0.2, -0.15) is 0 Å². The number of primary amides is 1. The molecule has 1 aromatic rings. The number of amides is 1. The third kappa shape index (κ3) is 6.90. The molecule has 2 fully saturated rings. The molecule has 7 heteroatoms. The number of rotatable bonds is 8. The van der Waals surface area contributed by atoms with Crippen molar-refractivity contribution in [2.24, 2.45) is 16.6 Å². The number of carbonyl (C=O) groups is 1. The second-order valence-electron chi connectivity index (χ2n) is 8.25. The fourth-order valence-corrected chi connectivity index (χ4v) is 4.27. The molecule has 0 radical (unpaired) electrons. The summed E-state index contributed by atoms with van der Waals surface area (Å²) in [4.78, 5) is 21.0. The van der Waals surface area contributed by atoms with Gasteiger partial charge >= 0.3 is 0 Å². The van der Waals surface area contributed by atoms with Crippen LogP contribution in [0.5, 0.6) is 5.75 Å². The number of guanidine groups is 1. The highest BCUT2D eigenvalue weighted by molar-refractivity contribution is 5.80. The van der Waals surface area contributed by atoms with Crippen LogP contribution >= 0.6 is 0 Å². The smallest absolute Gasteiger partial charge is 0.221 e. The number of hydrogen-bond acceptors (Lipinski definition) is 4. The predicted molar refractivity (Wildman–Crippen MR) is 121 cm³/mol. The lowest BCUT2D eigenvalue weighted by atomic mass is 9.97. The van der Waals surface area contributed by atoms with Crippen LogP contribution in [0.2, 0.25) is 0 Å². The number of hydrogen-bond donors (Lipinski definition) is 2. The van der Waals surface area contributed by atoms with E-state index in [1.54, 1.807) is 0 Å². The first kappa shape index (κ1) is 22.4. The number of carbonyl (C=O) groups excluding carboxylic acids is 1. The number of para-hydroxylation sites is 1. The largest absolute Gasteiger partial charge is 0.490 e. The zero-order valence-electron chi connectivity index (χ0n) is 18.3. The van der Waals surface area contributed by atoms with Crippen molar-refractivity contribution in [2.45, 2.75) is 45.1 Å². The minimum absolute atomic E-state index is 0.0129. The van der Waals surface area contributed by atoms with E-state index >= 15 is 0 Å². The van der Waals surface area contributed by atoms with Crippen molar-refractivity contribution in [3.8, 4) is 5.75 Å². The van der Waals surface area contributed by atoms with Gasteiger partial charge in [0.25, 0.3) is 0 Å². The van der Waals surface area contributed by atoms with Gasteiger partial charge in [-0.1, -0.05) is 18.2 Å². The summed E-state index contributed by atoms with van der Waals surface area (Å²) in [6.45, 7) is 8.51. The number of nitrogens with one attached hydrogen (secondary N) is 1. The van der Waals surface area contributed by atoms with E-state index in [0.717, 1.165) is 89.6 Å². The van der Waals surface area contributed by atoms with Crippen LogP contribution in [-0.2, 0) is 4.79 Å².